The SMILES string of the molecule is CNC(c1sccc1C)C1CCC(N)CC1. The van der Waals surface area contributed by atoms with Gasteiger partial charge >= 0.3 is 0 Å². The molecular formula is C13H22N2S. The third-order valence-corrected chi connectivity index (χ3v) is 4.89. The lowest BCUT2D eigenvalue weighted by Gasteiger charge is -2.32. The maximum absolute atomic E-state index is 5.97. The van der Waals surface area contributed by atoms with Crippen molar-refractivity contribution in [2.24, 2.45) is 11.7 Å². The minimum absolute atomic E-state index is 0.443. The van der Waals surface area contributed by atoms with Crippen molar-refractivity contribution in [1.29, 1.82) is 0 Å². The summed E-state index contributed by atoms with van der Waals surface area (Å²) >= 11 is 1.88. The van der Waals surface area contributed by atoms with E-state index in [1.54, 1.807) is 0 Å². The molecule has 0 aromatic carbocycles. The first-order valence-corrected chi connectivity index (χ1v) is 7.07. The molecule has 1 unspecified atom stereocenters. The second kappa shape index (κ2) is 5.30. The molecule has 0 amide bonds. The summed E-state index contributed by atoms with van der Waals surface area (Å²) in [6.45, 7) is 2.21. The van der Waals surface area contributed by atoms with E-state index < -0.39 is 0 Å². The van der Waals surface area contributed by atoms with E-state index in [-0.39, 0.29) is 0 Å². The lowest BCUT2D eigenvalue weighted by molar-refractivity contribution is 0.264. The highest BCUT2D eigenvalue weighted by molar-refractivity contribution is 7.10. The molecule has 0 saturated heterocycles. The lowest BCUT2D eigenvalue weighted by atomic mass is 9.81. The summed E-state index contributed by atoms with van der Waals surface area (Å²) in [5.41, 5.74) is 7.40. The minimum atomic E-state index is 0.443. The number of nitrogens with one attached hydrogen (secondary N) is 1. The van der Waals surface area contributed by atoms with Gasteiger partial charge in [-0.2, -0.15) is 0 Å². The van der Waals surface area contributed by atoms with E-state index in [4.69, 9.17) is 5.73 Å². The molecule has 0 bridgehead atoms. The Balaban J connectivity index is 2.08. The predicted octanol–water partition coefficient (Wildman–Crippen LogP) is 2.83. The van der Waals surface area contributed by atoms with Gasteiger partial charge in [-0.05, 0) is 62.6 Å². The Kier molecular flexibility index (Phi) is 4.00. The van der Waals surface area contributed by atoms with Gasteiger partial charge in [-0.15, -0.1) is 11.3 Å². The average molecular weight is 238 g/mol. The van der Waals surface area contributed by atoms with Gasteiger partial charge < -0.3 is 11.1 Å². The zero-order chi connectivity index (χ0) is 11.5. The molecule has 1 aromatic rings. The first kappa shape index (κ1) is 12.1. The van der Waals surface area contributed by atoms with Crippen molar-refractivity contribution < 1.29 is 0 Å². The van der Waals surface area contributed by atoms with Gasteiger partial charge in [0.2, 0.25) is 0 Å². The molecule has 1 aromatic heterocycles. The first-order chi connectivity index (χ1) is 7.72. The van der Waals surface area contributed by atoms with E-state index in [2.05, 4.69) is 30.7 Å². The standard InChI is InChI=1S/C13H22N2S/c1-9-7-8-16-13(9)12(15-2)10-3-5-11(14)6-4-10/h7-8,10-12,15H,3-6,14H2,1-2H3. The molecular weight excluding hydrogens is 216 g/mol. The van der Waals surface area contributed by atoms with Crippen molar-refractivity contribution in [3.05, 3.63) is 21.9 Å². The van der Waals surface area contributed by atoms with Crippen LogP contribution in [-0.4, -0.2) is 13.1 Å². The van der Waals surface area contributed by atoms with E-state index >= 15 is 0 Å². The number of aryl methyl sites for hydroxylation is 1. The average Bonchev–Trinajstić information content (AvgIpc) is 2.69. The minimum Gasteiger partial charge on any atom is -0.328 e. The quantitative estimate of drug-likeness (QED) is 0.850. The van der Waals surface area contributed by atoms with Crippen LogP contribution in [0.15, 0.2) is 11.4 Å². The molecule has 2 rings (SSSR count). The second-order valence-corrected chi connectivity index (χ2v) is 5.86. The van der Waals surface area contributed by atoms with Crippen LogP contribution in [-0.2, 0) is 0 Å². The zero-order valence-electron chi connectivity index (χ0n) is 10.2. The van der Waals surface area contributed by atoms with Crippen LogP contribution in [0.2, 0.25) is 0 Å². The van der Waals surface area contributed by atoms with Crippen molar-refractivity contribution in [2.45, 2.75) is 44.7 Å². The molecule has 3 N–H and O–H groups in total. The van der Waals surface area contributed by atoms with Gasteiger partial charge in [-0.3, -0.25) is 0 Å². The van der Waals surface area contributed by atoms with Crippen molar-refractivity contribution in [2.75, 3.05) is 7.05 Å². The fourth-order valence-electron chi connectivity index (χ4n) is 2.76. The van der Waals surface area contributed by atoms with Gasteiger partial charge in [0, 0.05) is 17.0 Å². The van der Waals surface area contributed by atoms with Gasteiger partial charge in [-0.1, -0.05) is 0 Å². The maximum Gasteiger partial charge on any atom is 0.0443 e. The molecule has 0 aliphatic heterocycles. The molecule has 0 spiro atoms. The Morgan fingerprint density at radius 3 is 2.56 bits per heavy atom. The van der Waals surface area contributed by atoms with Gasteiger partial charge in [0.15, 0.2) is 0 Å². The zero-order valence-corrected chi connectivity index (χ0v) is 11.0. The molecule has 1 fully saturated rings. The van der Waals surface area contributed by atoms with E-state index in [9.17, 15) is 0 Å². The molecule has 1 heterocycles. The summed E-state index contributed by atoms with van der Waals surface area (Å²) in [6, 6.07) is 3.20. The highest BCUT2D eigenvalue weighted by Gasteiger charge is 2.27. The van der Waals surface area contributed by atoms with Crippen LogP contribution < -0.4 is 11.1 Å². The Hall–Kier alpha value is -0.380. The lowest BCUT2D eigenvalue weighted by Crippen LogP contribution is -2.33. The van der Waals surface area contributed by atoms with Gasteiger partial charge in [-0.25, -0.2) is 0 Å². The Morgan fingerprint density at radius 2 is 2.06 bits per heavy atom. The fourth-order valence-corrected chi connectivity index (χ4v) is 3.89. The molecule has 0 radical (unpaired) electrons. The van der Waals surface area contributed by atoms with Gasteiger partial charge in [0.1, 0.15) is 0 Å². The van der Waals surface area contributed by atoms with Crippen molar-refractivity contribution >= 4 is 11.3 Å². The maximum atomic E-state index is 5.97. The van der Waals surface area contributed by atoms with Crippen LogP contribution in [0, 0.1) is 12.8 Å². The smallest absolute Gasteiger partial charge is 0.0443 e. The molecule has 90 valence electrons. The van der Waals surface area contributed by atoms with Gasteiger partial charge in [0.05, 0.1) is 0 Å². The van der Waals surface area contributed by atoms with Crippen LogP contribution in [0.4, 0.5) is 0 Å². The van der Waals surface area contributed by atoms with Gasteiger partial charge in [0.25, 0.3) is 0 Å². The molecule has 1 aliphatic rings. The number of nitrogens with two attached hydrogens (primary N) is 1. The van der Waals surface area contributed by atoms with E-state index in [0.29, 0.717) is 12.1 Å². The van der Waals surface area contributed by atoms with E-state index in [1.807, 2.05) is 11.3 Å². The van der Waals surface area contributed by atoms with E-state index in [0.717, 1.165) is 5.92 Å². The van der Waals surface area contributed by atoms with Crippen LogP contribution in [0.3, 0.4) is 0 Å². The molecule has 1 atom stereocenters. The monoisotopic (exact) mass is 238 g/mol. The van der Waals surface area contributed by atoms with Crippen LogP contribution >= 0.6 is 11.3 Å². The third-order valence-electron chi connectivity index (χ3n) is 3.78. The highest BCUT2D eigenvalue weighted by Crippen LogP contribution is 2.37. The summed E-state index contributed by atoms with van der Waals surface area (Å²) in [7, 11) is 2.08. The topological polar surface area (TPSA) is 38.0 Å². The summed E-state index contributed by atoms with van der Waals surface area (Å²) in [5.74, 6) is 0.766. The first-order valence-electron chi connectivity index (χ1n) is 6.19. The molecule has 1 aliphatic carbocycles. The molecule has 16 heavy (non-hydrogen) atoms. The summed E-state index contributed by atoms with van der Waals surface area (Å²) < 4.78 is 0. The van der Waals surface area contributed by atoms with Crippen LogP contribution in [0.5, 0.6) is 0 Å². The number of rotatable bonds is 3. The largest absolute Gasteiger partial charge is 0.328 e. The van der Waals surface area contributed by atoms with E-state index in [1.165, 1.54) is 36.1 Å². The normalized spacial score (nSPS) is 27.9. The predicted molar refractivity (Wildman–Crippen MR) is 70.8 cm³/mol. The number of thiophene rings is 1. The summed E-state index contributed by atoms with van der Waals surface area (Å²) in [6.07, 6.45) is 4.91. The second-order valence-electron chi connectivity index (χ2n) is 4.91. The third kappa shape index (κ3) is 2.47. The highest BCUT2D eigenvalue weighted by atomic mass is 32.1. The van der Waals surface area contributed by atoms with Crippen molar-refractivity contribution in [3.8, 4) is 0 Å². The Morgan fingerprint density at radius 1 is 1.38 bits per heavy atom. The Bertz CT molecular complexity index is 326. The molecule has 2 nitrogen and oxygen atoms in total. The fraction of sp³-hybridized carbons (Fsp3) is 0.692. The van der Waals surface area contributed by atoms with Crippen LogP contribution in [0.25, 0.3) is 0 Å². The summed E-state index contributed by atoms with van der Waals surface area (Å²) in [4.78, 5) is 1.52. The van der Waals surface area contributed by atoms with Crippen molar-refractivity contribution in [3.63, 3.8) is 0 Å². The van der Waals surface area contributed by atoms with Crippen molar-refractivity contribution in [1.82, 2.24) is 5.32 Å². The molecule has 3 heteroatoms. The van der Waals surface area contributed by atoms with Crippen LogP contribution in [0.1, 0.15) is 42.2 Å². The number of hydrogen-bond acceptors (Lipinski definition) is 3. The summed E-state index contributed by atoms with van der Waals surface area (Å²) in [5, 5.41) is 5.70. The Labute approximate surface area is 102 Å². The molecule has 1 saturated carbocycles. The number of hydrogen-bond donors (Lipinski definition) is 2.